The van der Waals surface area contributed by atoms with Crippen molar-refractivity contribution in [2.24, 2.45) is 5.73 Å². The second kappa shape index (κ2) is 12.0. The zero-order chi connectivity index (χ0) is 31.7. The number of hydrogen-bond acceptors (Lipinski definition) is 7. The molecule has 0 aliphatic heterocycles. The van der Waals surface area contributed by atoms with Crippen LogP contribution in [-0.2, 0) is 11.1 Å². The van der Waals surface area contributed by atoms with Crippen LogP contribution in [0.3, 0.4) is 0 Å². The molecule has 1 atom stereocenters. The number of amides is 1. The largest absolute Gasteiger partial charge is 0.493 e. The van der Waals surface area contributed by atoms with E-state index in [4.69, 9.17) is 26.8 Å². The molecule has 5 N–H and O–H groups in total. The van der Waals surface area contributed by atoms with Gasteiger partial charge in [-0.15, -0.1) is 0 Å². The van der Waals surface area contributed by atoms with Crippen LogP contribution in [0.4, 0.5) is 17.6 Å². The molecule has 2 aromatic carbocycles. The van der Waals surface area contributed by atoms with Crippen molar-refractivity contribution in [3.05, 3.63) is 76.2 Å². The first-order chi connectivity index (χ1) is 19.2. The molecule has 3 rings (SSSR count). The number of ether oxygens (including phenoxy) is 2. The Bertz CT molecular complexity index is 1450. The summed E-state index contributed by atoms with van der Waals surface area (Å²) in [5.74, 6) is -1.40. The van der Waals surface area contributed by atoms with Gasteiger partial charge in [-0.1, -0.05) is 11.6 Å². The lowest BCUT2D eigenvalue weighted by Gasteiger charge is -2.32. The second-order valence-electron chi connectivity index (χ2n) is 11.0. The minimum absolute atomic E-state index is 0.0525. The fourth-order valence-electron chi connectivity index (χ4n) is 3.75. The van der Waals surface area contributed by atoms with E-state index in [0.29, 0.717) is 0 Å². The summed E-state index contributed by atoms with van der Waals surface area (Å²) in [7, 11) is 1.31. The molecule has 1 heterocycles. The Morgan fingerprint density at radius 1 is 1.02 bits per heavy atom. The van der Waals surface area contributed by atoms with Gasteiger partial charge < -0.3 is 30.7 Å². The molecule has 3 aromatic rings. The third-order valence-electron chi connectivity index (χ3n) is 6.19. The highest BCUT2D eigenvalue weighted by atomic mass is 35.5. The van der Waals surface area contributed by atoms with Crippen LogP contribution < -0.4 is 20.5 Å². The SMILES string of the molecule is COc1cc(C(=O)NCC(O)(c2cc(C(C)(C)N)cc(-c3ccc(F)c(Cl)c3)n2)C(F)(F)F)ccc1OCC(C)(C)O. The maximum Gasteiger partial charge on any atom is 0.424 e. The second-order valence-corrected chi connectivity index (χ2v) is 11.4. The number of nitrogens with one attached hydrogen (secondary N) is 1. The summed E-state index contributed by atoms with van der Waals surface area (Å²) in [6.07, 6.45) is -5.30. The van der Waals surface area contributed by atoms with Gasteiger partial charge >= 0.3 is 6.18 Å². The number of alkyl halides is 3. The molecule has 0 fully saturated rings. The summed E-state index contributed by atoms with van der Waals surface area (Å²) in [4.78, 5) is 17.0. The molecule has 228 valence electrons. The lowest BCUT2D eigenvalue weighted by atomic mass is 9.89. The standard InChI is InChI=1S/C29H32ClF4N3O5/c1-26(2,39)15-42-22-9-7-17(11-23(22)41-5)25(38)36-14-28(40,29(32,33)34)24-13-18(27(3,4)35)12-21(37-24)16-6-8-20(31)19(30)10-16/h6-13,39-40H,14-15,35H2,1-5H3,(H,36,38). The highest BCUT2D eigenvalue weighted by Crippen LogP contribution is 2.40. The average Bonchev–Trinajstić information content (AvgIpc) is 2.89. The van der Waals surface area contributed by atoms with E-state index in [0.717, 1.165) is 12.1 Å². The molecule has 13 heteroatoms. The summed E-state index contributed by atoms with van der Waals surface area (Å²) >= 11 is 5.88. The van der Waals surface area contributed by atoms with Gasteiger partial charge in [-0.2, -0.15) is 13.2 Å². The minimum atomic E-state index is -5.30. The van der Waals surface area contributed by atoms with Gasteiger partial charge in [-0.3, -0.25) is 4.79 Å². The van der Waals surface area contributed by atoms with Gasteiger partial charge in [0.2, 0.25) is 5.60 Å². The molecular formula is C29H32ClF4N3O5. The maximum atomic E-state index is 14.5. The molecule has 1 aromatic heterocycles. The number of aromatic nitrogens is 1. The number of hydrogen-bond donors (Lipinski definition) is 4. The van der Waals surface area contributed by atoms with Crippen LogP contribution >= 0.6 is 11.6 Å². The highest BCUT2D eigenvalue weighted by Gasteiger charge is 2.56. The van der Waals surface area contributed by atoms with Crippen LogP contribution in [-0.4, -0.2) is 53.1 Å². The first-order valence-electron chi connectivity index (χ1n) is 12.6. The van der Waals surface area contributed by atoms with E-state index in [1.54, 1.807) is 13.8 Å². The zero-order valence-electron chi connectivity index (χ0n) is 23.6. The average molecular weight is 614 g/mol. The summed E-state index contributed by atoms with van der Waals surface area (Å²) in [5, 5.41) is 22.8. The van der Waals surface area contributed by atoms with Crippen LogP contribution in [0.25, 0.3) is 11.3 Å². The lowest BCUT2D eigenvalue weighted by molar-refractivity contribution is -0.265. The third-order valence-corrected chi connectivity index (χ3v) is 6.48. The van der Waals surface area contributed by atoms with Crippen LogP contribution in [0.1, 0.15) is 49.3 Å². The zero-order valence-corrected chi connectivity index (χ0v) is 24.3. The Balaban J connectivity index is 1.99. The summed E-state index contributed by atoms with van der Waals surface area (Å²) in [6.45, 7) is 4.75. The molecule has 1 amide bonds. The van der Waals surface area contributed by atoms with Crippen molar-refractivity contribution in [2.45, 2.75) is 50.6 Å². The van der Waals surface area contributed by atoms with E-state index in [2.05, 4.69) is 10.3 Å². The van der Waals surface area contributed by atoms with E-state index < -0.39 is 46.9 Å². The summed E-state index contributed by atoms with van der Waals surface area (Å²) < 4.78 is 67.9. The van der Waals surface area contributed by atoms with Crippen molar-refractivity contribution in [1.82, 2.24) is 10.3 Å². The van der Waals surface area contributed by atoms with Gasteiger partial charge in [0.25, 0.3) is 5.91 Å². The predicted molar refractivity (Wildman–Crippen MR) is 149 cm³/mol. The number of pyridine rings is 1. The van der Waals surface area contributed by atoms with Gasteiger partial charge in [0.05, 0.1) is 35.7 Å². The van der Waals surface area contributed by atoms with E-state index in [1.165, 1.54) is 57.4 Å². The summed E-state index contributed by atoms with van der Waals surface area (Å²) in [6, 6.07) is 9.81. The number of nitrogens with zero attached hydrogens (tertiary/aromatic N) is 1. The van der Waals surface area contributed by atoms with Gasteiger partial charge in [0.15, 0.2) is 11.5 Å². The lowest BCUT2D eigenvalue weighted by Crippen LogP contribution is -2.51. The molecule has 8 nitrogen and oxygen atoms in total. The normalized spacial score (nSPS) is 13.8. The molecule has 0 spiro atoms. The van der Waals surface area contributed by atoms with Crippen LogP contribution in [0.5, 0.6) is 11.5 Å². The topological polar surface area (TPSA) is 127 Å². The molecule has 0 saturated heterocycles. The van der Waals surface area contributed by atoms with Crippen LogP contribution in [0.2, 0.25) is 5.02 Å². The van der Waals surface area contributed by atoms with Crippen molar-refractivity contribution in [3.63, 3.8) is 0 Å². The fraction of sp³-hybridized carbons (Fsp3) is 0.379. The molecule has 0 aliphatic carbocycles. The molecule has 0 bridgehead atoms. The van der Waals surface area contributed by atoms with E-state index in [-0.39, 0.29) is 45.5 Å². The van der Waals surface area contributed by atoms with Gasteiger partial charge in [-0.25, -0.2) is 9.37 Å². The number of carbonyl (C=O) groups excluding carboxylic acids is 1. The number of nitrogens with two attached hydrogens (primary N) is 1. The van der Waals surface area contributed by atoms with Crippen LogP contribution in [0.15, 0.2) is 48.5 Å². The van der Waals surface area contributed by atoms with Crippen LogP contribution in [0, 0.1) is 5.82 Å². The number of rotatable bonds is 10. The summed E-state index contributed by atoms with van der Waals surface area (Å²) in [5.41, 5.74) is -0.406. The molecule has 0 radical (unpaired) electrons. The Hall–Kier alpha value is -3.45. The van der Waals surface area contributed by atoms with Crippen molar-refractivity contribution in [3.8, 4) is 22.8 Å². The first-order valence-corrected chi connectivity index (χ1v) is 13.0. The van der Waals surface area contributed by atoms with Crippen molar-refractivity contribution in [1.29, 1.82) is 0 Å². The fourth-order valence-corrected chi connectivity index (χ4v) is 3.93. The molecule has 42 heavy (non-hydrogen) atoms. The Morgan fingerprint density at radius 2 is 1.69 bits per heavy atom. The number of aliphatic hydroxyl groups is 2. The van der Waals surface area contributed by atoms with Gasteiger partial charge in [-0.05, 0) is 81.8 Å². The first kappa shape index (κ1) is 33.1. The van der Waals surface area contributed by atoms with Gasteiger partial charge in [0, 0.05) is 16.7 Å². The number of methoxy groups -OCH3 is 1. The van der Waals surface area contributed by atoms with E-state index in [1.807, 2.05) is 0 Å². The Morgan fingerprint density at radius 3 is 2.24 bits per heavy atom. The quantitative estimate of drug-likeness (QED) is 0.235. The van der Waals surface area contributed by atoms with E-state index in [9.17, 15) is 32.6 Å². The highest BCUT2D eigenvalue weighted by molar-refractivity contribution is 6.31. The van der Waals surface area contributed by atoms with Gasteiger partial charge in [0.1, 0.15) is 12.4 Å². The minimum Gasteiger partial charge on any atom is -0.493 e. The number of halogens is 5. The molecule has 0 saturated carbocycles. The Labute approximate surface area is 245 Å². The molecule has 0 aliphatic rings. The predicted octanol–water partition coefficient (Wildman–Crippen LogP) is 5.07. The smallest absolute Gasteiger partial charge is 0.424 e. The number of benzene rings is 2. The van der Waals surface area contributed by atoms with E-state index >= 15 is 0 Å². The number of carbonyl (C=O) groups is 1. The van der Waals surface area contributed by atoms with Crippen molar-refractivity contribution in [2.75, 3.05) is 20.3 Å². The third kappa shape index (κ3) is 7.68. The molecular weight excluding hydrogens is 582 g/mol. The molecule has 1 unspecified atom stereocenters. The maximum absolute atomic E-state index is 14.5. The monoisotopic (exact) mass is 613 g/mol. The van der Waals surface area contributed by atoms with Crippen molar-refractivity contribution < 1.29 is 42.0 Å². The van der Waals surface area contributed by atoms with Crippen molar-refractivity contribution >= 4 is 17.5 Å². The Kier molecular flexibility index (Phi) is 9.48.